The van der Waals surface area contributed by atoms with E-state index in [9.17, 15) is 0 Å². The number of hydrogen-bond acceptors (Lipinski definition) is 0. The molecule has 0 heteroatoms. The van der Waals surface area contributed by atoms with Crippen LogP contribution in [0.2, 0.25) is 0 Å². The molecule has 0 bridgehead atoms. The Bertz CT molecular complexity index is 202. The minimum absolute atomic E-state index is 0.782. The number of hydrogen-bond donors (Lipinski definition) is 0. The van der Waals surface area contributed by atoms with Gasteiger partial charge in [0.25, 0.3) is 0 Å². The zero-order valence-corrected chi connectivity index (χ0v) is 11.7. The minimum atomic E-state index is 0.782. The second-order valence-electron chi connectivity index (χ2n) is 6.59. The molecule has 0 radical (unpaired) electrons. The van der Waals surface area contributed by atoms with Crippen LogP contribution in [-0.2, 0) is 0 Å². The van der Waals surface area contributed by atoms with E-state index in [0.717, 1.165) is 29.6 Å². The fraction of sp³-hybridized carbons (Fsp3) is 0.875. The van der Waals surface area contributed by atoms with Gasteiger partial charge in [0.05, 0.1) is 0 Å². The third kappa shape index (κ3) is 5.18. The van der Waals surface area contributed by atoms with Crippen molar-refractivity contribution < 1.29 is 0 Å². The van der Waals surface area contributed by atoms with Crippen LogP contribution in [0.5, 0.6) is 0 Å². The minimum Gasteiger partial charge on any atom is -0.103 e. The average Bonchev–Trinajstić information content (AvgIpc) is 2.89. The molecular weight excluding hydrogens is 192 g/mol. The summed E-state index contributed by atoms with van der Waals surface area (Å²) in [6.07, 6.45) is 9.26. The van der Waals surface area contributed by atoms with Crippen molar-refractivity contribution in [2.75, 3.05) is 0 Å². The highest BCUT2D eigenvalue weighted by molar-refractivity contribution is 4.92. The van der Waals surface area contributed by atoms with Gasteiger partial charge in [0, 0.05) is 0 Å². The Balaban J connectivity index is 2.17. The SMILES string of the molecule is C=CC(CCC(C)C)CC1CC1CC(C)C. The van der Waals surface area contributed by atoms with Crippen LogP contribution in [0.4, 0.5) is 0 Å². The van der Waals surface area contributed by atoms with E-state index in [-0.39, 0.29) is 0 Å². The summed E-state index contributed by atoms with van der Waals surface area (Å²) in [5.41, 5.74) is 0. The van der Waals surface area contributed by atoms with Crippen molar-refractivity contribution in [3.63, 3.8) is 0 Å². The van der Waals surface area contributed by atoms with Gasteiger partial charge in [-0.3, -0.25) is 0 Å². The first-order valence-electron chi connectivity index (χ1n) is 7.15. The maximum absolute atomic E-state index is 4.01. The molecule has 3 unspecified atom stereocenters. The predicted molar refractivity (Wildman–Crippen MR) is 73.4 cm³/mol. The van der Waals surface area contributed by atoms with Crippen molar-refractivity contribution in [1.29, 1.82) is 0 Å². The summed E-state index contributed by atoms with van der Waals surface area (Å²) in [7, 11) is 0. The zero-order chi connectivity index (χ0) is 12.1. The monoisotopic (exact) mass is 222 g/mol. The first-order chi connectivity index (χ1) is 7.52. The molecule has 94 valence electrons. The number of rotatable bonds is 8. The summed E-state index contributed by atoms with van der Waals surface area (Å²) in [6.45, 7) is 13.3. The Labute approximate surface area is 103 Å². The highest BCUT2D eigenvalue weighted by atomic mass is 14.4. The number of allylic oxidation sites excluding steroid dienone is 1. The lowest BCUT2D eigenvalue weighted by molar-refractivity contribution is 0.421. The Hall–Kier alpha value is -0.260. The third-order valence-electron chi connectivity index (χ3n) is 3.90. The molecule has 0 heterocycles. The summed E-state index contributed by atoms with van der Waals surface area (Å²) in [5.74, 6) is 4.57. The van der Waals surface area contributed by atoms with E-state index in [2.05, 4.69) is 40.3 Å². The van der Waals surface area contributed by atoms with Crippen molar-refractivity contribution in [2.45, 2.75) is 59.8 Å². The van der Waals surface area contributed by atoms with Gasteiger partial charge in [0.1, 0.15) is 0 Å². The van der Waals surface area contributed by atoms with Crippen molar-refractivity contribution in [3.8, 4) is 0 Å². The second-order valence-corrected chi connectivity index (χ2v) is 6.59. The van der Waals surface area contributed by atoms with Crippen LogP contribution in [0.15, 0.2) is 12.7 Å². The Morgan fingerprint density at radius 2 is 1.62 bits per heavy atom. The van der Waals surface area contributed by atoms with Crippen LogP contribution in [0, 0.1) is 29.6 Å². The van der Waals surface area contributed by atoms with Crippen molar-refractivity contribution in [3.05, 3.63) is 12.7 Å². The van der Waals surface area contributed by atoms with E-state index in [1.54, 1.807) is 0 Å². The van der Waals surface area contributed by atoms with Crippen LogP contribution in [0.1, 0.15) is 59.8 Å². The zero-order valence-electron chi connectivity index (χ0n) is 11.7. The second kappa shape index (κ2) is 6.47. The van der Waals surface area contributed by atoms with Crippen LogP contribution in [0.3, 0.4) is 0 Å². The van der Waals surface area contributed by atoms with Crippen molar-refractivity contribution in [1.82, 2.24) is 0 Å². The quantitative estimate of drug-likeness (QED) is 0.489. The molecule has 0 amide bonds. The van der Waals surface area contributed by atoms with Gasteiger partial charge < -0.3 is 0 Å². The molecule has 0 aliphatic heterocycles. The van der Waals surface area contributed by atoms with Gasteiger partial charge in [-0.15, -0.1) is 6.58 Å². The Kier molecular flexibility index (Phi) is 5.58. The molecule has 16 heavy (non-hydrogen) atoms. The molecule has 1 aliphatic carbocycles. The first kappa shape index (κ1) is 13.8. The van der Waals surface area contributed by atoms with E-state index in [4.69, 9.17) is 0 Å². The van der Waals surface area contributed by atoms with Gasteiger partial charge in [-0.1, -0.05) is 40.2 Å². The fourth-order valence-corrected chi connectivity index (χ4v) is 2.76. The van der Waals surface area contributed by atoms with Gasteiger partial charge in [0.15, 0.2) is 0 Å². The summed E-state index contributed by atoms with van der Waals surface area (Å²) >= 11 is 0. The summed E-state index contributed by atoms with van der Waals surface area (Å²) < 4.78 is 0. The van der Waals surface area contributed by atoms with Gasteiger partial charge >= 0.3 is 0 Å². The maximum Gasteiger partial charge on any atom is -0.0233 e. The Morgan fingerprint density at radius 3 is 2.12 bits per heavy atom. The Morgan fingerprint density at radius 1 is 1.00 bits per heavy atom. The van der Waals surface area contributed by atoms with Crippen LogP contribution < -0.4 is 0 Å². The molecular formula is C16H30. The van der Waals surface area contributed by atoms with Crippen LogP contribution in [-0.4, -0.2) is 0 Å². The van der Waals surface area contributed by atoms with Gasteiger partial charge in [-0.25, -0.2) is 0 Å². The lowest BCUT2D eigenvalue weighted by atomic mass is 9.92. The molecule has 0 aromatic rings. The first-order valence-corrected chi connectivity index (χ1v) is 7.15. The molecule has 0 N–H and O–H groups in total. The van der Waals surface area contributed by atoms with Crippen molar-refractivity contribution in [2.24, 2.45) is 29.6 Å². The molecule has 1 aliphatic rings. The highest BCUT2D eigenvalue weighted by Gasteiger charge is 2.37. The lowest BCUT2D eigenvalue weighted by Crippen LogP contribution is -2.02. The largest absolute Gasteiger partial charge is 0.103 e. The van der Waals surface area contributed by atoms with E-state index < -0.39 is 0 Å². The molecule has 3 atom stereocenters. The average molecular weight is 222 g/mol. The predicted octanol–water partition coefficient (Wildman–Crippen LogP) is 5.30. The highest BCUT2D eigenvalue weighted by Crippen LogP contribution is 2.47. The van der Waals surface area contributed by atoms with Gasteiger partial charge in [-0.05, 0) is 55.3 Å². The molecule has 0 nitrogen and oxygen atoms in total. The van der Waals surface area contributed by atoms with Gasteiger partial charge in [0.2, 0.25) is 0 Å². The molecule has 0 saturated heterocycles. The van der Waals surface area contributed by atoms with E-state index in [0.29, 0.717) is 0 Å². The van der Waals surface area contributed by atoms with E-state index in [1.165, 1.54) is 32.1 Å². The molecule has 0 spiro atoms. The fourth-order valence-electron chi connectivity index (χ4n) is 2.76. The summed E-state index contributed by atoms with van der Waals surface area (Å²) in [6, 6.07) is 0. The van der Waals surface area contributed by atoms with Gasteiger partial charge in [-0.2, -0.15) is 0 Å². The smallest absolute Gasteiger partial charge is 0.0233 e. The van der Waals surface area contributed by atoms with E-state index in [1.807, 2.05) is 0 Å². The normalized spacial score (nSPS) is 26.1. The maximum atomic E-state index is 4.01. The standard InChI is InChI=1S/C16H30/c1-6-14(8-7-12(2)3)10-16-11-15(16)9-13(4)5/h6,12-16H,1,7-11H2,2-5H3. The molecule has 0 aromatic carbocycles. The molecule has 0 aromatic heterocycles. The van der Waals surface area contributed by atoms with Crippen LogP contribution >= 0.6 is 0 Å². The molecule has 1 fully saturated rings. The van der Waals surface area contributed by atoms with Crippen molar-refractivity contribution >= 4 is 0 Å². The van der Waals surface area contributed by atoms with E-state index >= 15 is 0 Å². The van der Waals surface area contributed by atoms with Crippen LogP contribution in [0.25, 0.3) is 0 Å². The third-order valence-corrected chi connectivity index (χ3v) is 3.90. The lowest BCUT2D eigenvalue weighted by Gasteiger charge is -2.14. The summed E-state index contributed by atoms with van der Waals surface area (Å²) in [4.78, 5) is 0. The molecule has 1 saturated carbocycles. The summed E-state index contributed by atoms with van der Waals surface area (Å²) in [5, 5.41) is 0. The molecule has 1 rings (SSSR count). The topological polar surface area (TPSA) is 0 Å².